The molecule has 8 heteroatoms. The zero-order valence-electron chi connectivity index (χ0n) is 17.7. The molecule has 1 aromatic heterocycles. The lowest BCUT2D eigenvalue weighted by atomic mass is 9.95. The molecule has 162 valence electrons. The van der Waals surface area contributed by atoms with Crippen molar-refractivity contribution in [2.45, 2.75) is 82.4 Å². The van der Waals surface area contributed by atoms with Crippen LogP contribution >= 0.6 is 11.3 Å². The van der Waals surface area contributed by atoms with E-state index in [1.807, 2.05) is 12.1 Å². The Labute approximate surface area is 179 Å². The fourth-order valence-corrected chi connectivity index (χ4v) is 5.02. The van der Waals surface area contributed by atoms with Gasteiger partial charge in [0.25, 0.3) is 15.2 Å². The number of sulfonamides is 1. The van der Waals surface area contributed by atoms with Crippen LogP contribution in [0.1, 0.15) is 83.1 Å². The summed E-state index contributed by atoms with van der Waals surface area (Å²) in [6.45, 7) is 4.45. The number of anilines is 1. The third-order valence-electron chi connectivity index (χ3n) is 5.05. The topological polar surface area (TPSA) is 81.2 Å². The van der Waals surface area contributed by atoms with Crippen LogP contribution in [0.4, 0.5) is 5.13 Å². The minimum absolute atomic E-state index is 0.189. The number of rotatable bonds is 14. The van der Waals surface area contributed by atoms with Gasteiger partial charge in [-0.25, -0.2) is 8.42 Å². The summed E-state index contributed by atoms with van der Waals surface area (Å²) in [4.78, 5) is 0.217. The lowest BCUT2D eigenvalue weighted by molar-refractivity contribution is 0.407. The molecule has 2 rings (SSSR count). The molecule has 1 aromatic carbocycles. The normalized spacial score (nSPS) is 12.7. The molecule has 0 saturated carbocycles. The Hall–Kier alpha value is -1.67. The number of nitrogens with zero attached hydrogens (tertiary/aromatic N) is 2. The number of benzene rings is 1. The predicted octanol–water partition coefficient (Wildman–Crippen LogP) is 5.98. The van der Waals surface area contributed by atoms with E-state index in [0.29, 0.717) is 11.1 Å². The van der Waals surface area contributed by atoms with Crippen LogP contribution in [0.3, 0.4) is 0 Å². The first-order valence-corrected chi connectivity index (χ1v) is 12.8. The molecule has 1 atom stereocenters. The van der Waals surface area contributed by atoms with Crippen molar-refractivity contribution in [3.63, 3.8) is 0 Å². The summed E-state index contributed by atoms with van der Waals surface area (Å²) >= 11 is 1.05. The van der Waals surface area contributed by atoms with Gasteiger partial charge in [0, 0.05) is 0 Å². The van der Waals surface area contributed by atoms with Crippen LogP contribution in [0.25, 0.3) is 0 Å². The number of unbranched alkanes of at least 4 members (excludes halogenated alkanes) is 7. The second-order valence-electron chi connectivity index (χ2n) is 7.42. The fourth-order valence-electron chi connectivity index (χ4n) is 3.23. The van der Waals surface area contributed by atoms with Crippen molar-refractivity contribution in [2.75, 3.05) is 11.8 Å². The molecule has 1 N–H and O–H groups in total. The fraction of sp³-hybridized carbons (Fsp3) is 0.619. The van der Waals surface area contributed by atoms with Gasteiger partial charge in [-0.05, 0) is 41.4 Å². The predicted molar refractivity (Wildman–Crippen MR) is 119 cm³/mol. The summed E-state index contributed by atoms with van der Waals surface area (Å²) in [5.74, 6) is 0.423. The van der Waals surface area contributed by atoms with Gasteiger partial charge in [0.2, 0.25) is 5.13 Å². The van der Waals surface area contributed by atoms with E-state index in [2.05, 4.69) is 28.8 Å². The van der Waals surface area contributed by atoms with Gasteiger partial charge in [-0.1, -0.05) is 82.4 Å². The Morgan fingerprint density at radius 1 is 1.00 bits per heavy atom. The molecule has 6 nitrogen and oxygen atoms in total. The van der Waals surface area contributed by atoms with Crippen LogP contribution in [0.15, 0.2) is 29.2 Å². The summed E-state index contributed by atoms with van der Waals surface area (Å²) in [5.41, 5.74) is 1.17. The molecule has 0 aliphatic rings. The highest BCUT2D eigenvalue weighted by Crippen LogP contribution is 2.26. The number of methoxy groups -OCH3 is 1. The van der Waals surface area contributed by atoms with Crippen LogP contribution < -0.4 is 9.46 Å². The number of nitrogens with one attached hydrogen (secondary N) is 1. The van der Waals surface area contributed by atoms with E-state index < -0.39 is 10.0 Å². The number of hydrogen-bond donors (Lipinski definition) is 1. The molecule has 0 spiro atoms. The standard InChI is InChI=1S/C21H33N3O3S2/c1-4-5-6-7-8-9-10-11-12-17(2)18-13-15-19(16-14-18)29(25,26)24-20-22-23-21(27-3)28-20/h13-17H,4-12H2,1-3H3,(H,22,24). The highest BCUT2D eigenvalue weighted by Gasteiger charge is 2.17. The molecule has 0 saturated heterocycles. The number of ether oxygens (including phenoxy) is 1. The Morgan fingerprint density at radius 2 is 1.62 bits per heavy atom. The van der Waals surface area contributed by atoms with Gasteiger partial charge in [0.1, 0.15) is 0 Å². The van der Waals surface area contributed by atoms with Gasteiger partial charge in [0.05, 0.1) is 12.0 Å². The molecule has 2 aromatic rings. The zero-order chi connectivity index (χ0) is 21.1. The van der Waals surface area contributed by atoms with E-state index >= 15 is 0 Å². The van der Waals surface area contributed by atoms with E-state index in [0.717, 1.165) is 17.8 Å². The molecule has 1 heterocycles. The SMILES string of the molecule is CCCCCCCCCCC(C)c1ccc(S(=O)(=O)Nc2nnc(OC)s2)cc1. The maximum atomic E-state index is 12.5. The molecular formula is C21H33N3O3S2. The van der Waals surface area contributed by atoms with Gasteiger partial charge in [0.15, 0.2) is 0 Å². The Kier molecular flexibility index (Phi) is 9.87. The van der Waals surface area contributed by atoms with Crippen molar-refractivity contribution in [2.24, 2.45) is 0 Å². The minimum atomic E-state index is -3.68. The summed E-state index contributed by atoms with van der Waals surface area (Å²) in [6.07, 6.45) is 11.7. The quantitative estimate of drug-likeness (QED) is 0.366. The lowest BCUT2D eigenvalue weighted by Crippen LogP contribution is -2.12. The molecule has 0 bridgehead atoms. The van der Waals surface area contributed by atoms with Crippen molar-refractivity contribution >= 4 is 26.5 Å². The van der Waals surface area contributed by atoms with Crippen molar-refractivity contribution in [3.8, 4) is 5.19 Å². The highest BCUT2D eigenvalue weighted by molar-refractivity contribution is 7.93. The number of aromatic nitrogens is 2. The van der Waals surface area contributed by atoms with E-state index in [9.17, 15) is 8.42 Å². The summed E-state index contributed by atoms with van der Waals surface area (Å²) in [5, 5.41) is 8.00. The third kappa shape index (κ3) is 7.93. The summed E-state index contributed by atoms with van der Waals surface area (Å²) in [7, 11) is -2.22. The van der Waals surface area contributed by atoms with E-state index in [4.69, 9.17) is 4.74 Å². The first-order chi connectivity index (χ1) is 14.0. The van der Waals surface area contributed by atoms with Gasteiger partial charge >= 0.3 is 0 Å². The first-order valence-electron chi connectivity index (χ1n) is 10.5. The summed E-state index contributed by atoms with van der Waals surface area (Å²) < 4.78 is 32.4. The van der Waals surface area contributed by atoms with Gasteiger partial charge in [-0.2, -0.15) is 0 Å². The van der Waals surface area contributed by atoms with Gasteiger partial charge in [-0.3, -0.25) is 4.72 Å². The second kappa shape index (κ2) is 12.1. The second-order valence-corrected chi connectivity index (χ2v) is 10.0. The molecule has 0 amide bonds. The maximum absolute atomic E-state index is 12.5. The highest BCUT2D eigenvalue weighted by atomic mass is 32.2. The van der Waals surface area contributed by atoms with Gasteiger partial charge in [-0.15, -0.1) is 5.10 Å². The van der Waals surface area contributed by atoms with Crippen LogP contribution in [-0.4, -0.2) is 25.7 Å². The smallest absolute Gasteiger partial charge is 0.295 e. The average Bonchev–Trinajstić information content (AvgIpc) is 3.16. The summed E-state index contributed by atoms with van der Waals surface area (Å²) in [6, 6.07) is 7.12. The lowest BCUT2D eigenvalue weighted by Gasteiger charge is -2.13. The minimum Gasteiger partial charge on any atom is -0.472 e. The Balaban J connectivity index is 1.79. The van der Waals surface area contributed by atoms with Gasteiger partial charge < -0.3 is 4.74 Å². The van der Waals surface area contributed by atoms with Crippen molar-refractivity contribution in [3.05, 3.63) is 29.8 Å². The van der Waals surface area contributed by atoms with Crippen LogP contribution in [0.2, 0.25) is 0 Å². The average molecular weight is 440 g/mol. The van der Waals surface area contributed by atoms with E-state index in [1.165, 1.54) is 64.0 Å². The van der Waals surface area contributed by atoms with Crippen LogP contribution in [0.5, 0.6) is 5.19 Å². The number of hydrogen-bond acceptors (Lipinski definition) is 6. The maximum Gasteiger partial charge on any atom is 0.295 e. The molecule has 0 radical (unpaired) electrons. The van der Waals surface area contributed by atoms with Crippen LogP contribution in [0, 0.1) is 0 Å². The molecule has 0 fully saturated rings. The van der Waals surface area contributed by atoms with Crippen molar-refractivity contribution in [1.29, 1.82) is 0 Å². The molecule has 0 aliphatic heterocycles. The molecule has 1 unspecified atom stereocenters. The monoisotopic (exact) mass is 439 g/mol. The Bertz CT molecular complexity index is 820. The molecule has 29 heavy (non-hydrogen) atoms. The molecule has 0 aliphatic carbocycles. The van der Waals surface area contributed by atoms with Crippen LogP contribution in [-0.2, 0) is 10.0 Å². The Morgan fingerprint density at radius 3 is 2.21 bits per heavy atom. The van der Waals surface area contributed by atoms with E-state index in [-0.39, 0.29) is 10.0 Å². The van der Waals surface area contributed by atoms with Crippen molar-refractivity contribution < 1.29 is 13.2 Å². The van der Waals surface area contributed by atoms with E-state index in [1.54, 1.807) is 12.1 Å². The zero-order valence-corrected chi connectivity index (χ0v) is 19.3. The third-order valence-corrected chi connectivity index (χ3v) is 7.34. The largest absolute Gasteiger partial charge is 0.472 e. The van der Waals surface area contributed by atoms with Crippen molar-refractivity contribution in [1.82, 2.24) is 10.2 Å². The first kappa shape index (κ1) is 23.6. The molecular weight excluding hydrogens is 406 g/mol.